The number of rotatable bonds is 5. The fraction of sp³-hybridized carbons (Fsp3) is 0.385. The second kappa shape index (κ2) is 7.05. The molecular weight excluding hydrogens is 184 g/mol. The Labute approximate surface area is 92.1 Å². The third-order valence-electron chi connectivity index (χ3n) is 2.17. The first-order chi connectivity index (χ1) is 7.36. The van der Waals surface area contributed by atoms with Gasteiger partial charge in [0.25, 0.3) is 0 Å². The molecule has 2 nitrogen and oxygen atoms in total. The van der Waals surface area contributed by atoms with E-state index in [1.807, 2.05) is 13.0 Å². The molecule has 1 aromatic rings. The van der Waals surface area contributed by atoms with E-state index in [2.05, 4.69) is 41.0 Å². The van der Waals surface area contributed by atoms with Gasteiger partial charge in [0.05, 0.1) is 6.54 Å². The molecule has 0 aliphatic heterocycles. The molecule has 0 saturated carbocycles. The van der Waals surface area contributed by atoms with Crippen LogP contribution in [0.1, 0.15) is 12.5 Å². The van der Waals surface area contributed by atoms with E-state index in [0.717, 1.165) is 19.6 Å². The molecule has 2 N–H and O–H groups in total. The first kappa shape index (κ1) is 11.8. The maximum absolute atomic E-state index is 5.56. The van der Waals surface area contributed by atoms with Gasteiger partial charge in [0.2, 0.25) is 0 Å². The molecule has 0 amide bonds. The van der Waals surface area contributed by atoms with E-state index in [9.17, 15) is 0 Å². The monoisotopic (exact) mass is 202 g/mol. The van der Waals surface area contributed by atoms with E-state index >= 15 is 0 Å². The van der Waals surface area contributed by atoms with Crippen molar-refractivity contribution in [3.05, 3.63) is 35.9 Å². The number of hydrogen-bond donors (Lipinski definition) is 1. The summed E-state index contributed by atoms with van der Waals surface area (Å²) >= 11 is 0. The van der Waals surface area contributed by atoms with Gasteiger partial charge in [0, 0.05) is 19.6 Å². The van der Waals surface area contributed by atoms with Crippen molar-refractivity contribution in [1.29, 1.82) is 0 Å². The van der Waals surface area contributed by atoms with E-state index in [1.54, 1.807) is 0 Å². The predicted octanol–water partition coefficient (Wildman–Crippen LogP) is 1.47. The van der Waals surface area contributed by atoms with Crippen molar-refractivity contribution in [2.24, 2.45) is 5.73 Å². The second-order valence-corrected chi connectivity index (χ2v) is 3.41. The summed E-state index contributed by atoms with van der Waals surface area (Å²) < 4.78 is 0. The standard InChI is InChI=1S/C13H18N2/c1-2-3-10-15(11-9-14)12-13-7-5-4-6-8-13/h4-8H,9-12,14H2,1H3. The molecule has 15 heavy (non-hydrogen) atoms. The van der Waals surface area contributed by atoms with Crippen LogP contribution in [-0.4, -0.2) is 24.5 Å². The van der Waals surface area contributed by atoms with Crippen molar-refractivity contribution in [3.8, 4) is 11.8 Å². The Balaban J connectivity index is 2.53. The number of benzene rings is 1. The van der Waals surface area contributed by atoms with Crippen LogP contribution in [0.5, 0.6) is 0 Å². The highest BCUT2D eigenvalue weighted by molar-refractivity contribution is 5.14. The van der Waals surface area contributed by atoms with E-state index in [0.29, 0.717) is 6.54 Å². The van der Waals surface area contributed by atoms with Crippen molar-refractivity contribution >= 4 is 0 Å². The summed E-state index contributed by atoms with van der Waals surface area (Å²) in [5.41, 5.74) is 6.87. The molecule has 0 aliphatic carbocycles. The first-order valence-corrected chi connectivity index (χ1v) is 5.22. The molecule has 0 aromatic heterocycles. The zero-order valence-corrected chi connectivity index (χ0v) is 9.24. The molecule has 80 valence electrons. The lowest BCUT2D eigenvalue weighted by Crippen LogP contribution is -2.29. The van der Waals surface area contributed by atoms with Crippen molar-refractivity contribution < 1.29 is 0 Å². The van der Waals surface area contributed by atoms with Gasteiger partial charge in [-0.25, -0.2) is 0 Å². The average molecular weight is 202 g/mol. The smallest absolute Gasteiger partial charge is 0.0604 e. The zero-order chi connectivity index (χ0) is 10.9. The summed E-state index contributed by atoms with van der Waals surface area (Å²) in [4.78, 5) is 2.26. The van der Waals surface area contributed by atoms with Crippen LogP contribution < -0.4 is 5.73 Å². The maximum Gasteiger partial charge on any atom is 0.0604 e. The highest BCUT2D eigenvalue weighted by Gasteiger charge is 2.02. The average Bonchev–Trinajstić information content (AvgIpc) is 2.28. The lowest BCUT2D eigenvalue weighted by molar-refractivity contribution is 0.307. The molecule has 0 atom stereocenters. The van der Waals surface area contributed by atoms with Crippen molar-refractivity contribution in [3.63, 3.8) is 0 Å². The summed E-state index contributed by atoms with van der Waals surface area (Å²) in [6.45, 7) is 5.15. The SMILES string of the molecule is CC#CCN(CCN)Cc1ccccc1. The van der Waals surface area contributed by atoms with Crippen molar-refractivity contribution in [2.45, 2.75) is 13.5 Å². The van der Waals surface area contributed by atoms with Gasteiger partial charge in [-0.2, -0.15) is 0 Å². The number of hydrogen-bond acceptors (Lipinski definition) is 2. The Hall–Kier alpha value is -1.30. The van der Waals surface area contributed by atoms with Gasteiger partial charge >= 0.3 is 0 Å². The summed E-state index contributed by atoms with van der Waals surface area (Å²) in [5, 5.41) is 0. The summed E-state index contributed by atoms with van der Waals surface area (Å²) in [5.74, 6) is 5.98. The van der Waals surface area contributed by atoms with Gasteiger partial charge < -0.3 is 5.73 Å². The minimum absolute atomic E-state index is 0.679. The molecule has 0 fully saturated rings. The van der Waals surface area contributed by atoms with Crippen LogP contribution in [0.2, 0.25) is 0 Å². The number of nitrogens with two attached hydrogens (primary N) is 1. The fourth-order valence-corrected chi connectivity index (χ4v) is 1.43. The van der Waals surface area contributed by atoms with Gasteiger partial charge in [-0.15, -0.1) is 5.92 Å². The van der Waals surface area contributed by atoms with Crippen LogP contribution in [0.3, 0.4) is 0 Å². The van der Waals surface area contributed by atoms with E-state index < -0.39 is 0 Å². The Morgan fingerprint density at radius 1 is 1.27 bits per heavy atom. The lowest BCUT2D eigenvalue weighted by atomic mass is 10.2. The molecule has 0 radical (unpaired) electrons. The molecule has 0 spiro atoms. The Morgan fingerprint density at radius 3 is 2.60 bits per heavy atom. The lowest BCUT2D eigenvalue weighted by Gasteiger charge is -2.18. The molecule has 2 heteroatoms. The van der Waals surface area contributed by atoms with E-state index in [4.69, 9.17) is 5.73 Å². The maximum atomic E-state index is 5.56. The molecule has 1 aromatic carbocycles. The molecule has 0 unspecified atom stereocenters. The Kier molecular flexibility index (Phi) is 5.54. The third kappa shape index (κ3) is 4.64. The van der Waals surface area contributed by atoms with Gasteiger partial charge in [-0.05, 0) is 12.5 Å². The minimum atomic E-state index is 0.679. The van der Waals surface area contributed by atoms with Crippen molar-refractivity contribution in [2.75, 3.05) is 19.6 Å². The van der Waals surface area contributed by atoms with Gasteiger partial charge in [0.15, 0.2) is 0 Å². The topological polar surface area (TPSA) is 29.3 Å². The highest BCUT2D eigenvalue weighted by Crippen LogP contribution is 2.03. The van der Waals surface area contributed by atoms with Gasteiger partial charge in [0.1, 0.15) is 0 Å². The van der Waals surface area contributed by atoms with Crippen LogP contribution in [0.25, 0.3) is 0 Å². The molecule has 0 aliphatic rings. The summed E-state index contributed by atoms with van der Waals surface area (Å²) in [6, 6.07) is 10.4. The largest absolute Gasteiger partial charge is 0.329 e. The van der Waals surface area contributed by atoms with Gasteiger partial charge in [-0.3, -0.25) is 4.90 Å². The Bertz CT molecular complexity index is 321. The third-order valence-corrected chi connectivity index (χ3v) is 2.17. The second-order valence-electron chi connectivity index (χ2n) is 3.41. The summed E-state index contributed by atoms with van der Waals surface area (Å²) in [6.07, 6.45) is 0. The normalized spacial score (nSPS) is 9.80. The fourth-order valence-electron chi connectivity index (χ4n) is 1.43. The van der Waals surface area contributed by atoms with Crippen LogP contribution >= 0.6 is 0 Å². The van der Waals surface area contributed by atoms with Crippen LogP contribution in [0.15, 0.2) is 30.3 Å². The minimum Gasteiger partial charge on any atom is -0.329 e. The Morgan fingerprint density at radius 2 is 2.00 bits per heavy atom. The molecule has 0 saturated heterocycles. The highest BCUT2D eigenvalue weighted by atomic mass is 15.1. The van der Waals surface area contributed by atoms with Crippen molar-refractivity contribution in [1.82, 2.24) is 4.90 Å². The molecule has 0 bridgehead atoms. The molecule has 1 rings (SSSR count). The first-order valence-electron chi connectivity index (χ1n) is 5.22. The van der Waals surface area contributed by atoms with Crippen LogP contribution in [-0.2, 0) is 6.54 Å². The zero-order valence-electron chi connectivity index (χ0n) is 9.24. The quantitative estimate of drug-likeness (QED) is 0.733. The van der Waals surface area contributed by atoms with Crippen LogP contribution in [0, 0.1) is 11.8 Å². The van der Waals surface area contributed by atoms with Crippen LogP contribution in [0.4, 0.5) is 0 Å². The van der Waals surface area contributed by atoms with Gasteiger partial charge in [-0.1, -0.05) is 36.3 Å². The number of nitrogens with zero attached hydrogens (tertiary/aromatic N) is 1. The van der Waals surface area contributed by atoms with E-state index in [1.165, 1.54) is 5.56 Å². The predicted molar refractivity (Wildman–Crippen MR) is 64.2 cm³/mol. The molecular formula is C13H18N2. The molecule has 0 heterocycles. The van der Waals surface area contributed by atoms with E-state index in [-0.39, 0.29) is 0 Å². The summed E-state index contributed by atoms with van der Waals surface area (Å²) in [7, 11) is 0.